The Kier molecular flexibility index (Phi) is 4.83. The Hall–Kier alpha value is -2.49. The van der Waals surface area contributed by atoms with Gasteiger partial charge in [0.1, 0.15) is 18.0 Å². The number of hydrogen-bond acceptors (Lipinski definition) is 2. The highest BCUT2D eigenvalue weighted by Gasteiger charge is 2.09. The van der Waals surface area contributed by atoms with Crippen molar-refractivity contribution in [3.05, 3.63) is 93.7 Å². The molecule has 0 fully saturated rings. The third-order valence-corrected chi connectivity index (χ3v) is 4.87. The maximum atomic E-state index is 6.40. The predicted octanol–water partition coefficient (Wildman–Crippen LogP) is 6.04. The second-order valence-electron chi connectivity index (χ2n) is 6.06. The summed E-state index contributed by atoms with van der Waals surface area (Å²) in [5.41, 5.74) is 4.12. The van der Waals surface area contributed by atoms with E-state index in [2.05, 4.69) is 16.0 Å². The fraction of sp³-hybridized carbons (Fsp3) is 0.0952. The van der Waals surface area contributed by atoms with Crippen LogP contribution in [0.1, 0.15) is 16.7 Å². The molecule has 5 heteroatoms. The van der Waals surface area contributed by atoms with Crippen molar-refractivity contribution in [2.24, 2.45) is 0 Å². The molecule has 4 rings (SSSR count). The molecule has 0 bridgehead atoms. The number of aromatic nitrogens is 2. The van der Waals surface area contributed by atoms with E-state index in [1.165, 1.54) is 0 Å². The van der Waals surface area contributed by atoms with E-state index < -0.39 is 0 Å². The number of aromatic amines is 1. The highest BCUT2D eigenvalue weighted by Crippen LogP contribution is 2.27. The zero-order valence-corrected chi connectivity index (χ0v) is 15.4. The Balaban J connectivity index is 1.53. The first-order chi connectivity index (χ1) is 12.7. The van der Waals surface area contributed by atoms with Gasteiger partial charge in [-0.1, -0.05) is 35.3 Å². The SMILES string of the molecule is Clc1ccc(COc2ccc(Cl)c(Cc3c[nH]c4ncccc34)c2)cc1. The lowest BCUT2D eigenvalue weighted by Gasteiger charge is -2.10. The average molecular weight is 383 g/mol. The lowest BCUT2D eigenvalue weighted by atomic mass is 10.0. The van der Waals surface area contributed by atoms with Crippen molar-refractivity contribution in [3.8, 4) is 5.75 Å². The predicted molar refractivity (Wildman–Crippen MR) is 106 cm³/mol. The molecule has 2 heterocycles. The molecule has 2 aromatic heterocycles. The topological polar surface area (TPSA) is 37.9 Å². The summed E-state index contributed by atoms with van der Waals surface area (Å²) in [6.45, 7) is 0.481. The molecular formula is C21H16Cl2N2O. The number of ether oxygens (including phenoxy) is 1. The van der Waals surface area contributed by atoms with Crippen LogP contribution in [0.15, 0.2) is 67.0 Å². The third-order valence-electron chi connectivity index (χ3n) is 4.25. The fourth-order valence-corrected chi connectivity index (χ4v) is 3.20. The van der Waals surface area contributed by atoms with E-state index in [0.717, 1.165) is 43.5 Å². The molecule has 26 heavy (non-hydrogen) atoms. The Morgan fingerprint density at radius 2 is 1.81 bits per heavy atom. The standard InChI is InChI=1S/C21H16Cl2N2O/c22-17-5-3-14(4-6-17)13-26-18-7-8-20(23)15(11-18)10-16-12-25-21-19(16)2-1-9-24-21/h1-9,11-12H,10,13H2,(H,24,25). The van der Waals surface area contributed by atoms with Gasteiger partial charge in [-0.2, -0.15) is 0 Å². The lowest BCUT2D eigenvalue weighted by molar-refractivity contribution is 0.306. The van der Waals surface area contributed by atoms with E-state index in [-0.39, 0.29) is 0 Å². The van der Waals surface area contributed by atoms with Crippen molar-refractivity contribution >= 4 is 34.2 Å². The monoisotopic (exact) mass is 382 g/mol. The minimum atomic E-state index is 0.481. The van der Waals surface area contributed by atoms with Gasteiger partial charge in [0.25, 0.3) is 0 Å². The van der Waals surface area contributed by atoms with Crippen molar-refractivity contribution in [1.29, 1.82) is 0 Å². The second kappa shape index (κ2) is 7.40. The zero-order valence-electron chi connectivity index (χ0n) is 13.9. The molecule has 4 aromatic rings. The second-order valence-corrected chi connectivity index (χ2v) is 6.90. The van der Waals surface area contributed by atoms with Crippen LogP contribution >= 0.6 is 23.2 Å². The summed E-state index contributed by atoms with van der Waals surface area (Å²) in [5, 5.41) is 2.55. The van der Waals surface area contributed by atoms with Crippen molar-refractivity contribution in [2.45, 2.75) is 13.0 Å². The lowest BCUT2D eigenvalue weighted by Crippen LogP contribution is -1.97. The number of nitrogens with zero attached hydrogens (tertiary/aromatic N) is 1. The van der Waals surface area contributed by atoms with Gasteiger partial charge in [-0.15, -0.1) is 0 Å². The van der Waals surface area contributed by atoms with Gasteiger partial charge in [-0.05, 0) is 59.2 Å². The number of rotatable bonds is 5. The number of H-pyrrole nitrogens is 1. The smallest absolute Gasteiger partial charge is 0.137 e. The molecule has 0 amide bonds. The van der Waals surface area contributed by atoms with E-state index >= 15 is 0 Å². The normalized spacial score (nSPS) is 11.0. The van der Waals surface area contributed by atoms with Crippen molar-refractivity contribution in [3.63, 3.8) is 0 Å². The van der Waals surface area contributed by atoms with Crippen molar-refractivity contribution in [2.75, 3.05) is 0 Å². The van der Waals surface area contributed by atoms with Crippen LogP contribution in [0.2, 0.25) is 10.0 Å². The molecule has 0 spiro atoms. The quantitative estimate of drug-likeness (QED) is 0.456. The molecule has 0 atom stereocenters. The number of fused-ring (bicyclic) bond motifs is 1. The van der Waals surface area contributed by atoms with Crippen LogP contribution in [-0.4, -0.2) is 9.97 Å². The molecular weight excluding hydrogens is 367 g/mol. The largest absolute Gasteiger partial charge is 0.489 e. The molecule has 0 aliphatic carbocycles. The number of hydrogen-bond donors (Lipinski definition) is 1. The zero-order chi connectivity index (χ0) is 17.9. The molecule has 2 aromatic carbocycles. The Labute approximate surface area is 161 Å². The van der Waals surface area contributed by atoms with Crippen molar-refractivity contribution in [1.82, 2.24) is 9.97 Å². The van der Waals surface area contributed by atoms with Gasteiger partial charge in [0.05, 0.1) is 0 Å². The number of nitrogens with one attached hydrogen (secondary N) is 1. The molecule has 0 saturated carbocycles. The number of halogens is 2. The summed E-state index contributed by atoms with van der Waals surface area (Å²) >= 11 is 12.3. The highest BCUT2D eigenvalue weighted by atomic mass is 35.5. The maximum Gasteiger partial charge on any atom is 0.137 e. The average Bonchev–Trinajstić information content (AvgIpc) is 3.07. The van der Waals surface area contributed by atoms with Crippen LogP contribution in [0.4, 0.5) is 0 Å². The van der Waals surface area contributed by atoms with Crippen LogP contribution in [0.5, 0.6) is 5.75 Å². The van der Waals surface area contributed by atoms with E-state index in [1.54, 1.807) is 6.20 Å². The number of pyridine rings is 1. The van der Waals surface area contributed by atoms with Gasteiger partial charge < -0.3 is 9.72 Å². The first-order valence-electron chi connectivity index (χ1n) is 8.26. The minimum absolute atomic E-state index is 0.481. The van der Waals surface area contributed by atoms with Gasteiger partial charge in [0.2, 0.25) is 0 Å². The van der Waals surface area contributed by atoms with Crippen LogP contribution in [0, 0.1) is 0 Å². The van der Waals surface area contributed by atoms with Gasteiger partial charge >= 0.3 is 0 Å². The summed E-state index contributed by atoms with van der Waals surface area (Å²) in [5.74, 6) is 0.789. The molecule has 1 N–H and O–H groups in total. The Morgan fingerprint density at radius 3 is 2.65 bits per heavy atom. The summed E-state index contributed by atoms with van der Waals surface area (Å²) in [7, 11) is 0. The molecule has 0 unspecified atom stereocenters. The maximum absolute atomic E-state index is 6.40. The number of benzene rings is 2. The molecule has 3 nitrogen and oxygen atoms in total. The molecule has 0 saturated heterocycles. The van der Waals surface area contributed by atoms with Crippen LogP contribution in [0.3, 0.4) is 0 Å². The highest BCUT2D eigenvalue weighted by molar-refractivity contribution is 6.31. The summed E-state index contributed by atoms with van der Waals surface area (Å²) < 4.78 is 5.91. The minimum Gasteiger partial charge on any atom is -0.489 e. The first-order valence-corrected chi connectivity index (χ1v) is 9.01. The van der Waals surface area contributed by atoms with E-state index in [1.807, 2.05) is 54.7 Å². The Bertz CT molecular complexity index is 1040. The summed E-state index contributed by atoms with van der Waals surface area (Å²) in [6.07, 6.45) is 4.47. The van der Waals surface area contributed by atoms with Gasteiger partial charge in [-0.25, -0.2) is 4.98 Å². The van der Waals surface area contributed by atoms with Gasteiger partial charge in [-0.3, -0.25) is 0 Å². The molecule has 0 aliphatic rings. The van der Waals surface area contributed by atoms with Crippen molar-refractivity contribution < 1.29 is 4.74 Å². The molecule has 0 radical (unpaired) electrons. The third kappa shape index (κ3) is 3.69. The van der Waals surface area contributed by atoms with E-state index in [0.29, 0.717) is 13.0 Å². The fourth-order valence-electron chi connectivity index (χ4n) is 2.89. The summed E-state index contributed by atoms with van der Waals surface area (Å²) in [6, 6.07) is 17.4. The summed E-state index contributed by atoms with van der Waals surface area (Å²) in [4.78, 5) is 7.53. The van der Waals surface area contributed by atoms with Crippen LogP contribution in [0.25, 0.3) is 11.0 Å². The molecule has 0 aliphatic heterocycles. The van der Waals surface area contributed by atoms with E-state index in [9.17, 15) is 0 Å². The van der Waals surface area contributed by atoms with E-state index in [4.69, 9.17) is 27.9 Å². The van der Waals surface area contributed by atoms with Crippen LogP contribution < -0.4 is 4.74 Å². The Morgan fingerprint density at radius 1 is 0.962 bits per heavy atom. The first kappa shape index (κ1) is 17.0. The van der Waals surface area contributed by atoms with Crippen LogP contribution in [-0.2, 0) is 13.0 Å². The molecule has 130 valence electrons. The van der Waals surface area contributed by atoms with Gasteiger partial charge in [0.15, 0.2) is 0 Å². The van der Waals surface area contributed by atoms with Gasteiger partial charge in [0, 0.05) is 34.2 Å².